The van der Waals surface area contributed by atoms with Gasteiger partial charge >= 0.3 is 0 Å². The number of hydrogen-bond donors (Lipinski definition) is 1. The number of benzene rings is 2. The first-order valence-electron chi connectivity index (χ1n) is 7.93. The van der Waals surface area contributed by atoms with Crippen LogP contribution in [0.15, 0.2) is 53.0 Å². The summed E-state index contributed by atoms with van der Waals surface area (Å²) in [6.45, 7) is 2.53. The second kappa shape index (κ2) is 8.34. The molecule has 1 aliphatic rings. The van der Waals surface area contributed by atoms with Gasteiger partial charge in [-0.15, -0.1) is 12.4 Å². The van der Waals surface area contributed by atoms with E-state index in [-0.39, 0.29) is 12.4 Å². The minimum atomic E-state index is -0.803. The maximum atomic E-state index is 11.2. The van der Waals surface area contributed by atoms with Gasteiger partial charge in [0.05, 0.1) is 7.11 Å². The lowest BCUT2D eigenvalue weighted by Gasteiger charge is -2.39. The van der Waals surface area contributed by atoms with E-state index in [4.69, 9.17) is 4.74 Å². The zero-order chi connectivity index (χ0) is 16.3. The van der Waals surface area contributed by atoms with E-state index >= 15 is 0 Å². The summed E-state index contributed by atoms with van der Waals surface area (Å²) in [5.74, 6) is 0.793. The third-order valence-corrected chi connectivity index (χ3v) is 5.01. The molecule has 3 rings (SSSR count). The normalized spacial score (nSPS) is 21.1. The van der Waals surface area contributed by atoms with Crippen molar-refractivity contribution in [1.82, 2.24) is 4.90 Å². The molecule has 24 heavy (non-hydrogen) atoms. The lowest BCUT2D eigenvalue weighted by Crippen LogP contribution is -2.45. The highest BCUT2D eigenvalue weighted by molar-refractivity contribution is 9.10. The summed E-state index contributed by atoms with van der Waals surface area (Å²) in [5, 5.41) is 11.2. The van der Waals surface area contributed by atoms with Gasteiger partial charge in [0.15, 0.2) is 0 Å². The van der Waals surface area contributed by atoms with Crippen molar-refractivity contribution in [2.45, 2.75) is 25.0 Å². The molecule has 1 N–H and O–H groups in total. The van der Waals surface area contributed by atoms with E-state index in [0.29, 0.717) is 6.54 Å². The molecule has 0 spiro atoms. The van der Waals surface area contributed by atoms with Crippen molar-refractivity contribution in [2.75, 3.05) is 20.2 Å². The molecule has 1 atom stereocenters. The molecule has 2 aromatic rings. The van der Waals surface area contributed by atoms with Gasteiger partial charge in [-0.25, -0.2) is 0 Å². The number of hydrogen-bond acceptors (Lipinski definition) is 3. The Labute approximate surface area is 158 Å². The third kappa shape index (κ3) is 4.51. The molecule has 1 aliphatic heterocycles. The maximum absolute atomic E-state index is 11.2. The highest BCUT2D eigenvalue weighted by atomic mass is 79.9. The van der Waals surface area contributed by atoms with Gasteiger partial charge in [0.2, 0.25) is 0 Å². The molecule has 0 saturated carbocycles. The molecule has 0 radical (unpaired) electrons. The zero-order valence-corrected chi connectivity index (χ0v) is 16.1. The molecule has 2 aromatic carbocycles. The summed E-state index contributed by atoms with van der Waals surface area (Å²) in [6, 6.07) is 16.2. The molecule has 130 valence electrons. The number of nitrogens with zero attached hydrogens (tertiary/aromatic N) is 1. The summed E-state index contributed by atoms with van der Waals surface area (Å²) in [7, 11) is 1.66. The molecule has 1 heterocycles. The monoisotopic (exact) mass is 411 g/mol. The molecule has 1 fully saturated rings. The molecule has 0 amide bonds. The standard InChI is InChI=1S/C19H22BrNO2.ClH/c1-23-18-5-2-4-16(12-18)19(22)10-3-11-21(14-19)13-15-6-8-17(20)9-7-15;/h2,4-9,12,22H,3,10-11,13-14H2,1H3;1H. The summed E-state index contributed by atoms with van der Waals surface area (Å²) in [5.41, 5.74) is 1.41. The lowest BCUT2D eigenvalue weighted by molar-refractivity contribution is -0.0382. The van der Waals surface area contributed by atoms with Gasteiger partial charge in [0.25, 0.3) is 0 Å². The Kier molecular flexibility index (Phi) is 6.70. The molecule has 3 nitrogen and oxygen atoms in total. The van der Waals surface area contributed by atoms with Crippen LogP contribution >= 0.6 is 28.3 Å². The van der Waals surface area contributed by atoms with E-state index < -0.39 is 5.60 Å². The van der Waals surface area contributed by atoms with E-state index in [0.717, 1.165) is 41.7 Å². The van der Waals surface area contributed by atoms with Crippen LogP contribution in [-0.2, 0) is 12.1 Å². The Hall–Kier alpha value is -1.07. The number of piperidine rings is 1. The van der Waals surface area contributed by atoms with Crippen molar-refractivity contribution < 1.29 is 9.84 Å². The lowest BCUT2D eigenvalue weighted by atomic mass is 9.85. The Balaban J connectivity index is 0.00000208. The number of halogens is 2. The van der Waals surface area contributed by atoms with Crippen molar-refractivity contribution in [3.05, 3.63) is 64.1 Å². The molecule has 0 bridgehead atoms. The van der Waals surface area contributed by atoms with Gasteiger partial charge in [0, 0.05) is 17.6 Å². The summed E-state index contributed by atoms with van der Waals surface area (Å²) < 4.78 is 6.39. The van der Waals surface area contributed by atoms with Crippen LogP contribution in [0.3, 0.4) is 0 Å². The van der Waals surface area contributed by atoms with Crippen LogP contribution in [0.4, 0.5) is 0 Å². The quantitative estimate of drug-likeness (QED) is 0.810. The van der Waals surface area contributed by atoms with Crippen LogP contribution in [0, 0.1) is 0 Å². The Bertz CT molecular complexity index is 665. The number of β-amino-alcohol motifs (C(OH)–C–C–N with tert-alkyl or cyclic N) is 1. The Morgan fingerprint density at radius 3 is 2.67 bits per heavy atom. The summed E-state index contributed by atoms with van der Waals surface area (Å²) in [4.78, 5) is 2.33. The first-order chi connectivity index (χ1) is 11.1. The molecule has 5 heteroatoms. The second-order valence-corrected chi connectivity index (χ2v) is 7.12. The first kappa shape index (κ1) is 19.3. The van der Waals surface area contributed by atoms with Crippen LogP contribution in [0.5, 0.6) is 5.75 Å². The first-order valence-corrected chi connectivity index (χ1v) is 8.72. The van der Waals surface area contributed by atoms with Crippen molar-refractivity contribution in [3.63, 3.8) is 0 Å². The molecule has 1 saturated heterocycles. The van der Waals surface area contributed by atoms with E-state index in [1.54, 1.807) is 7.11 Å². The topological polar surface area (TPSA) is 32.7 Å². The van der Waals surface area contributed by atoms with Gasteiger partial charge < -0.3 is 9.84 Å². The highest BCUT2D eigenvalue weighted by Gasteiger charge is 2.35. The number of likely N-dealkylation sites (tertiary alicyclic amines) is 1. The molecule has 0 aliphatic carbocycles. The molecular formula is C19H23BrClNO2. The SMILES string of the molecule is COc1cccc(C2(O)CCCN(Cc3ccc(Br)cc3)C2)c1.Cl. The minimum absolute atomic E-state index is 0. The second-order valence-electron chi connectivity index (χ2n) is 6.20. The van der Waals surface area contributed by atoms with Crippen LogP contribution in [0.1, 0.15) is 24.0 Å². The Morgan fingerprint density at radius 2 is 1.96 bits per heavy atom. The number of rotatable bonds is 4. The minimum Gasteiger partial charge on any atom is -0.497 e. The molecule has 0 aromatic heterocycles. The van der Waals surface area contributed by atoms with Gasteiger partial charge in [0.1, 0.15) is 11.4 Å². The number of ether oxygens (including phenoxy) is 1. The summed E-state index contributed by atoms with van der Waals surface area (Å²) in [6.07, 6.45) is 1.78. The van der Waals surface area contributed by atoms with Gasteiger partial charge in [-0.05, 0) is 54.8 Å². The fraction of sp³-hybridized carbons (Fsp3) is 0.368. The molecular weight excluding hydrogens is 390 g/mol. The Morgan fingerprint density at radius 1 is 1.21 bits per heavy atom. The predicted molar refractivity (Wildman–Crippen MR) is 103 cm³/mol. The van der Waals surface area contributed by atoms with Crippen molar-refractivity contribution in [3.8, 4) is 5.75 Å². The van der Waals surface area contributed by atoms with Gasteiger partial charge in [-0.2, -0.15) is 0 Å². The van der Waals surface area contributed by atoms with Crippen LogP contribution < -0.4 is 4.74 Å². The smallest absolute Gasteiger partial charge is 0.119 e. The zero-order valence-electron chi connectivity index (χ0n) is 13.7. The highest BCUT2D eigenvalue weighted by Crippen LogP contribution is 2.33. The number of aliphatic hydroxyl groups is 1. The fourth-order valence-electron chi connectivity index (χ4n) is 3.25. The van der Waals surface area contributed by atoms with Crippen LogP contribution in [-0.4, -0.2) is 30.2 Å². The fourth-order valence-corrected chi connectivity index (χ4v) is 3.52. The summed E-state index contributed by atoms with van der Waals surface area (Å²) >= 11 is 3.47. The third-order valence-electron chi connectivity index (χ3n) is 4.48. The van der Waals surface area contributed by atoms with E-state index in [1.807, 2.05) is 24.3 Å². The average Bonchev–Trinajstić information content (AvgIpc) is 2.57. The van der Waals surface area contributed by atoms with Crippen molar-refractivity contribution in [1.29, 1.82) is 0 Å². The van der Waals surface area contributed by atoms with Crippen LogP contribution in [0.25, 0.3) is 0 Å². The van der Waals surface area contributed by atoms with Crippen molar-refractivity contribution in [2.24, 2.45) is 0 Å². The van der Waals surface area contributed by atoms with E-state index in [9.17, 15) is 5.11 Å². The molecule has 1 unspecified atom stereocenters. The predicted octanol–water partition coefficient (Wildman–Crippen LogP) is 4.36. The van der Waals surface area contributed by atoms with E-state index in [2.05, 4.69) is 45.1 Å². The van der Waals surface area contributed by atoms with Gasteiger partial charge in [-0.3, -0.25) is 4.90 Å². The number of methoxy groups -OCH3 is 1. The van der Waals surface area contributed by atoms with Gasteiger partial charge in [-0.1, -0.05) is 40.2 Å². The van der Waals surface area contributed by atoms with E-state index in [1.165, 1.54) is 5.56 Å². The largest absolute Gasteiger partial charge is 0.497 e. The van der Waals surface area contributed by atoms with Crippen LogP contribution in [0.2, 0.25) is 0 Å². The average molecular weight is 413 g/mol. The van der Waals surface area contributed by atoms with Crippen molar-refractivity contribution >= 4 is 28.3 Å². The maximum Gasteiger partial charge on any atom is 0.119 e.